The van der Waals surface area contributed by atoms with Gasteiger partial charge in [-0.1, -0.05) is 50.3 Å². The highest BCUT2D eigenvalue weighted by Crippen LogP contribution is 2.26. The lowest BCUT2D eigenvalue weighted by Gasteiger charge is -2.22. The van der Waals surface area contributed by atoms with Crippen molar-refractivity contribution in [2.45, 2.75) is 57.4 Å². The topological polar surface area (TPSA) is 49.4 Å². The van der Waals surface area contributed by atoms with Crippen LogP contribution in [0.4, 0.5) is 5.69 Å². The van der Waals surface area contributed by atoms with Crippen molar-refractivity contribution in [2.24, 2.45) is 5.92 Å². The van der Waals surface area contributed by atoms with Gasteiger partial charge in [0, 0.05) is 18.3 Å². The van der Waals surface area contributed by atoms with Gasteiger partial charge in [-0.05, 0) is 31.4 Å². The predicted molar refractivity (Wildman–Crippen MR) is 91.2 cm³/mol. The summed E-state index contributed by atoms with van der Waals surface area (Å²) in [5.74, 6) is -0.640. The molecule has 1 aliphatic carbocycles. The Morgan fingerprint density at radius 3 is 2.30 bits per heavy atom. The molecule has 1 saturated heterocycles. The van der Waals surface area contributed by atoms with E-state index in [-0.39, 0.29) is 17.9 Å². The third-order valence-electron chi connectivity index (χ3n) is 5.04. The number of benzene rings is 1. The van der Waals surface area contributed by atoms with E-state index in [4.69, 9.17) is 0 Å². The quantitative estimate of drug-likeness (QED) is 0.871. The molecule has 1 atom stereocenters. The summed E-state index contributed by atoms with van der Waals surface area (Å²) >= 11 is 0. The molecule has 1 saturated carbocycles. The molecule has 124 valence electrons. The standard InChI is InChI=1S/C19H26N2O2/c22-18(20-15-9-5-2-1-3-6-10-15)17-13-14-21(19(17)23)16-11-7-4-8-12-16/h4,7-8,11-12,15,17H,1-3,5-6,9-10,13-14H2,(H,20,22)/t17-/m1/s1. The van der Waals surface area contributed by atoms with Gasteiger partial charge in [0.1, 0.15) is 5.92 Å². The number of hydrogen-bond acceptors (Lipinski definition) is 2. The smallest absolute Gasteiger partial charge is 0.239 e. The van der Waals surface area contributed by atoms with E-state index >= 15 is 0 Å². The highest BCUT2D eigenvalue weighted by Gasteiger charge is 2.38. The van der Waals surface area contributed by atoms with Gasteiger partial charge in [-0.3, -0.25) is 9.59 Å². The van der Waals surface area contributed by atoms with Gasteiger partial charge in [-0.25, -0.2) is 0 Å². The molecule has 2 aliphatic rings. The van der Waals surface area contributed by atoms with Crippen LogP contribution in [-0.4, -0.2) is 24.4 Å². The normalized spacial score (nSPS) is 23.4. The van der Waals surface area contributed by atoms with Gasteiger partial charge in [-0.2, -0.15) is 0 Å². The number of anilines is 1. The number of amides is 2. The van der Waals surface area contributed by atoms with Crippen LogP contribution in [0.2, 0.25) is 0 Å². The Balaban J connectivity index is 1.58. The molecule has 0 aromatic heterocycles. The number of nitrogens with zero attached hydrogens (tertiary/aromatic N) is 1. The maximum Gasteiger partial charge on any atom is 0.239 e. The zero-order valence-electron chi connectivity index (χ0n) is 13.7. The van der Waals surface area contributed by atoms with E-state index in [2.05, 4.69) is 5.32 Å². The number of para-hydroxylation sites is 1. The van der Waals surface area contributed by atoms with E-state index in [9.17, 15) is 9.59 Å². The Morgan fingerprint density at radius 2 is 1.61 bits per heavy atom. The lowest BCUT2D eigenvalue weighted by Crippen LogP contribution is -2.42. The molecule has 1 aromatic rings. The van der Waals surface area contributed by atoms with Crippen molar-refractivity contribution >= 4 is 17.5 Å². The summed E-state index contributed by atoms with van der Waals surface area (Å²) in [5, 5.41) is 3.14. The lowest BCUT2D eigenvalue weighted by atomic mass is 9.96. The van der Waals surface area contributed by atoms with Gasteiger partial charge in [0.05, 0.1) is 0 Å². The minimum Gasteiger partial charge on any atom is -0.353 e. The molecule has 0 unspecified atom stereocenters. The molecule has 1 heterocycles. The van der Waals surface area contributed by atoms with Gasteiger partial charge in [0.25, 0.3) is 0 Å². The summed E-state index contributed by atoms with van der Waals surface area (Å²) in [4.78, 5) is 26.9. The third kappa shape index (κ3) is 3.92. The molecule has 0 radical (unpaired) electrons. The number of hydrogen-bond donors (Lipinski definition) is 1. The van der Waals surface area contributed by atoms with Crippen molar-refractivity contribution in [3.05, 3.63) is 30.3 Å². The summed E-state index contributed by atoms with van der Waals surface area (Å²) in [7, 11) is 0. The molecule has 4 nitrogen and oxygen atoms in total. The summed E-state index contributed by atoms with van der Waals surface area (Å²) in [5.41, 5.74) is 0.888. The Hall–Kier alpha value is -1.84. The molecule has 4 heteroatoms. The SMILES string of the molecule is O=C(NC1CCCCCCC1)[C@H]1CCN(c2ccccc2)C1=O. The molecule has 2 fully saturated rings. The second-order valence-corrected chi connectivity index (χ2v) is 6.72. The van der Waals surface area contributed by atoms with E-state index in [1.165, 1.54) is 32.1 Å². The van der Waals surface area contributed by atoms with E-state index < -0.39 is 5.92 Å². The van der Waals surface area contributed by atoms with E-state index in [1.54, 1.807) is 4.90 Å². The van der Waals surface area contributed by atoms with Gasteiger partial charge < -0.3 is 10.2 Å². The molecule has 23 heavy (non-hydrogen) atoms. The molecule has 0 spiro atoms. The summed E-state index contributed by atoms with van der Waals surface area (Å²) in [6.07, 6.45) is 8.91. The van der Waals surface area contributed by atoms with E-state index in [0.29, 0.717) is 13.0 Å². The summed E-state index contributed by atoms with van der Waals surface area (Å²) in [6.45, 7) is 0.631. The van der Waals surface area contributed by atoms with Gasteiger partial charge >= 0.3 is 0 Å². The predicted octanol–water partition coefficient (Wildman–Crippen LogP) is 3.27. The molecule has 0 bridgehead atoms. The second-order valence-electron chi connectivity index (χ2n) is 6.72. The first kappa shape index (κ1) is 16.0. The zero-order chi connectivity index (χ0) is 16.1. The van der Waals surface area contributed by atoms with Crippen LogP contribution in [-0.2, 0) is 9.59 Å². The second kappa shape index (κ2) is 7.62. The molecule has 3 rings (SSSR count). The van der Waals surface area contributed by atoms with Crippen LogP contribution in [0, 0.1) is 5.92 Å². The average Bonchev–Trinajstić information content (AvgIpc) is 2.92. The molecular formula is C19H26N2O2. The molecule has 1 aromatic carbocycles. The summed E-state index contributed by atoms with van der Waals surface area (Å²) < 4.78 is 0. The number of rotatable bonds is 3. The first-order chi connectivity index (χ1) is 11.3. The fourth-order valence-corrected chi connectivity index (χ4v) is 3.69. The lowest BCUT2D eigenvalue weighted by molar-refractivity contribution is -0.132. The van der Waals surface area contributed by atoms with Crippen LogP contribution in [0.25, 0.3) is 0 Å². The monoisotopic (exact) mass is 314 g/mol. The van der Waals surface area contributed by atoms with Crippen LogP contribution in [0.15, 0.2) is 30.3 Å². The van der Waals surface area contributed by atoms with Crippen LogP contribution in [0.1, 0.15) is 51.4 Å². The van der Waals surface area contributed by atoms with Gasteiger partial charge in [-0.15, -0.1) is 0 Å². The number of nitrogens with one attached hydrogen (secondary N) is 1. The Kier molecular flexibility index (Phi) is 5.31. The van der Waals surface area contributed by atoms with Gasteiger partial charge in [0.15, 0.2) is 0 Å². The first-order valence-electron chi connectivity index (χ1n) is 8.92. The average molecular weight is 314 g/mol. The molecular weight excluding hydrogens is 288 g/mol. The summed E-state index contributed by atoms with van der Waals surface area (Å²) in [6, 6.07) is 9.87. The van der Waals surface area contributed by atoms with Crippen molar-refractivity contribution in [2.75, 3.05) is 11.4 Å². The fourth-order valence-electron chi connectivity index (χ4n) is 3.69. The van der Waals surface area contributed by atoms with Crippen molar-refractivity contribution in [1.29, 1.82) is 0 Å². The van der Waals surface area contributed by atoms with Crippen LogP contribution in [0.5, 0.6) is 0 Å². The Labute approximate surface area is 138 Å². The Bertz CT molecular complexity index is 536. The van der Waals surface area contributed by atoms with Crippen molar-refractivity contribution in [1.82, 2.24) is 5.32 Å². The third-order valence-corrected chi connectivity index (χ3v) is 5.04. The fraction of sp³-hybridized carbons (Fsp3) is 0.579. The molecule has 1 N–H and O–H groups in total. The van der Waals surface area contributed by atoms with Crippen LogP contribution >= 0.6 is 0 Å². The van der Waals surface area contributed by atoms with Gasteiger partial charge in [0.2, 0.25) is 11.8 Å². The zero-order valence-corrected chi connectivity index (χ0v) is 13.7. The minimum absolute atomic E-state index is 0.0560. The largest absolute Gasteiger partial charge is 0.353 e. The van der Waals surface area contributed by atoms with Crippen molar-refractivity contribution in [3.8, 4) is 0 Å². The van der Waals surface area contributed by atoms with Crippen molar-refractivity contribution < 1.29 is 9.59 Å². The highest BCUT2D eigenvalue weighted by molar-refractivity contribution is 6.09. The maximum atomic E-state index is 12.6. The molecule has 1 aliphatic heterocycles. The van der Waals surface area contributed by atoms with Crippen molar-refractivity contribution in [3.63, 3.8) is 0 Å². The highest BCUT2D eigenvalue weighted by atomic mass is 16.2. The number of carbonyl (C=O) groups excluding carboxylic acids is 2. The van der Waals surface area contributed by atoms with Crippen LogP contribution in [0.3, 0.4) is 0 Å². The Morgan fingerprint density at radius 1 is 0.957 bits per heavy atom. The molecule has 2 amide bonds. The van der Waals surface area contributed by atoms with E-state index in [0.717, 1.165) is 18.5 Å². The first-order valence-corrected chi connectivity index (χ1v) is 8.92. The maximum absolute atomic E-state index is 12.6. The van der Waals surface area contributed by atoms with Crippen LogP contribution < -0.4 is 10.2 Å². The van der Waals surface area contributed by atoms with E-state index in [1.807, 2.05) is 30.3 Å². The number of carbonyl (C=O) groups is 2. The minimum atomic E-state index is -0.513.